The second-order valence-electron chi connectivity index (χ2n) is 6.10. The lowest BCUT2D eigenvalue weighted by Gasteiger charge is -2.19. The van der Waals surface area contributed by atoms with Crippen LogP contribution in [0.2, 0.25) is 0 Å². The van der Waals surface area contributed by atoms with Crippen LogP contribution in [0.3, 0.4) is 0 Å². The first kappa shape index (κ1) is 20.5. The average molecular weight is 404 g/mol. The van der Waals surface area contributed by atoms with Crippen LogP contribution in [0.1, 0.15) is 32.1 Å². The SMILES string of the molecule is CC.Nc1ncnc2c1nc(SCc1ccccc1)n2C1OC(CO)CC1O. The highest BCUT2D eigenvalue weighted by Gasteiger charge is 2.37. The molecule has 3 unspecified atom stereocenters. The molecule has 3 atom stereocenters. The lowest BCUT2D eigenvalue weighted by atomic mass is 10.2. The van der Waals surface area contributed by atoms with Crippen molar-refractivity contribution in [2.75, 3.05) is 12.3 Å². The summed E-state index contributed by atoms with van der Waals surface area (Å²) in [5.41, 5.74) is 8.09. The van der Waals surface area contributed by atoms with Crippen LogP contribution in [0.4, 0.5) is 5.82 Å². The molecule has 0 aliphatic carbocycles. The van der Waals surface area contributed by atoms with Crippen LogP contribution in [0.5, 0.6) is 0 Å². The number of nitrogens with zero attached hydrogens (tertiary/aromatic N) is 4. The van der Waals surface area contributed by atoms with Crippen molar-refractivity contribution < 1.29 is 14.9 Å². The van der Waals surface area contributed by atoms with E-state index in [0.717, 1.165) is 5.56 Å². The van der Waals surface area contributed by atoms with Crippen molar-refractivity contribution in [1.82, 2.24) is 19.5 Å². The molecule has 4 rings (SSSR count). The molecular formula is C19H25N5O3S. The van der Waals surface area contributed by atoms with Crippen molar-refractivity contribution in [2.24, 2.45) is 0 Å². The summed E-state index contributed by atoms with van der Waals surface area (Å²) in [4.78, 5) is 12.9. The van der Waals surface area contributed by atoms with Crippen LogP contribution in [-0.2, 0) is 10.5 Å². The number of aliphatic hydroxyl groups excluding tert-OH is 2. The minimum Gasteiger partial charge on any atom is -0.394 e. The van der Waals surface area contributed by atoms with E-state index in [4.69, 9.17) is 10.5 Å². The van der Waals surface area contributed by atoms with Gasteiger partial charge in [-0.25, -0.2) is 15.0 Å². The first-order valence-electron chi connectivity index (χ1n) is 9.27. The molecule has 9 heteroatoms. The Morgan fingerprint density at radius 3 is 2.68 bits per heavy atom. The van der Waals surface area contributed by atoms with Crippen LogP contribution in [0.15, 0.2) is 41.8 Å². The fourth-order valence-corrected chi connectivity index (χ4v) is 4.01. The number of nitrogens with two attached hydrogens (primary N) is 1. The summed E-state index contributed by atoms with van der Waals surface area (Å²) < 4.78 is 7.57. The van der Waals surface area contributed by atoms with E-state index in [9.17, 15) is 10.2 Å². The zero-order valence-electron chi connectivity index (χ0n) is 15.9. The molecule has 2 aromatic heterocycles. The molecule has 4 N–H and O–H groups in total. The fraction of sp³-hybridized carbons (Fsp3) is 0.421. The summed E-state index contributed by atoms with van der Waals surface area (Å²) in [6.45, 7) is 3.85. The van der Waals surface area contributed by atoms with Gasteiger partial charge in [0.25, 0.3) is 0 Å². The van der Waals surface area contributed by atoms with Crippen LogP contribution in [0, 0.1) is 0 Å². The minimum absolute atomic E-state index is 0.149. The number of benzene rings is 1. The molecule has 28 heavy (non-hydrogen) atoms. The Morgan fingerprint density at radius 1 is 1.25 bits per heavy atom. The monoisotopic (exact) mass is 403 g/mol. The van der Waals surface area contributed by atoms with E-state index in [1.807, 2.05) is 44.2 Å². The molecule has 0 saturated carbocycles. The smallest absolute Gasteiger partial charge is 0.172 e. The molecule has 150 valence electrons. The molecule has 1 aromatic carbocycles. The molecule has 0 bridgehead atoms. The number of rotatable bonds is 5. The number of imidazole rings is 1. The van der Waals surface area contributed by atoms with E-state index in [0.29, 0.717) is 28.5 Å². The molecule has 3 aromatic rings. The van der Waals surface area contributed by atoms with E-state index in [2.05, 4.69) is 15.0 Å². The molecule has 1 aliphatic heterocycles. The number of hydrogen-bond acceptors (Lipinski definition) is 8. The summed E-state index contributed by atoms with van der Waals surface area (Å²) >= 11 is 1.51. The van der Waals surface area contributed by atoms with Crippen molar-refractivity contribution in [3.8, 4) is 0 Å². The normalized spacial score (nSPS) is 21.5. The third-order valence-electron chi connectivity index (χ3n) is 4.31. The lowest BCUT2D eigenvalue weighted by Crippen LogP contribution is -2.20. The predicted molar refractivity (Wildman–Crippen MR) is 109 cm³/mol. The molecule has 1 saturated heterocycles. The maximum Gasteiger partial charge on any atom is 0.172 e. The van der Waals surface area contributed by atoms with Gasteiger partial charge in [-0.2, -0.15) is 0 Å². The Morgan fingerprint density at radius 2 is 2.00 bits per heavy atom. The van der Waals surface area contributed by atoms with Crippen LogP contribution in [0.25, 0.3) is 11.2 Å². The van der Waals surface area contributed by atoms with Gasteiger partial charge in [0.1, 0.15) is 12.4 Å². The van der Waals surface area contributed by atoms with Gasteiger partial charge in [0.15, 0.2) is 28.4 Å². The Labute approximate surface area is 167 Å². The third kappa shape index (κ3) is 4.12. The van der Waals surface area contributed by atoms with E-state index in [1.165, 1.54) is 18.1 Å². The van der Waals surface area contributed by atoms with E-state index >= 15 is 0 Å². The molecule has 0 radical (unpaired) electrons. The van der Waals surface area contributed by atoms with Gasteiger partial charge in [0, 0.05) is 12.2 Å². The molecule has 1 aliphatic rings. The zero-order valence-corrected chi connectivity index (χ0v) is 16.7. The number of aromatic nitrogens is 4. The van der Waals surface area contributed by atoms with Crippen molar-refractivity contribution in [3.05, 3.63) is 42.2 Å². The quantitative estimate of drug-likeness (QED) is 0.556. The number of hydrogen-bond donors (Lipinski definition) is 3. The summed E-state index contributed by atoms with van der Waals surface area (Å²) in [6, 6.07) is 10.0. The van der Waals surface area contributed by atoms with E-state index < -0.39 is 18.4 Å². The number of fused-ring (bicyclic) bond motifs is 1. The van der Waals surface area contributed by atoms with Crippen LogP contribution >= 0.6 is 11.8 Å². The van der Waals surface area contributed by atoms with Crippen molar-refractivity contribution in [1.29, 1.82) is 0 Å². The number of anilines is 1. The summed E-state index contributed by atoms with van der Waals surface area (Å²) in [7, 11) is 0. The summed E-state index contributed by atoms with van der Waals surface area (Å²) in [5, 5.41) is 20.4. The van der Waals surface area contributed by atoms with Gasteiger partial charge in [-0.05, 0) is 5.56 Å². The molecule has 3 heterocycles. The standard InChI is InChI=1S/C17H19N5O3S.C2H6/c18-14-13-15(20-9-19-14)22(16-12(24)6-11(7-23)25-16)17(21-13)26-8-10-4-2-1-3-5-10;1-2/h1-5,9,11-12,16,23-24H,6-8H2,(H2,18,19,20);1-2H3. The Balaban J connectivity index is 0.00000109. The maximum absolute atomic E-state index is 10.4. The Hall–Kier alpha value is -2.20. The van der Waals surface area contributed by atoms with Crippen LogP contribution < -0.4 is 5.73 Å². The van der Waals surface area contributed by atoms with Gasteiger partial charge >= 0.3 is 0 Å². The number of thioether (sulfide) groups is 1. The first-order valence-corrected chi connectivity index (χ1v) is 10.3. The van der Waals surface area contributed by atoms with Gasteiger partial charge < -0.3 is 20.7 Å². The highest BCUT2D eigenvalue weighted by molar-refractivity contribution is 7.98. The van der Waals surface area contributed by atoms with Crippen molar-refractivity contribution in [2.45, 2.75) is 49.6 Å². The van der Waals surface area contributed by atoms with Gasteiger partial charge in [-0.3, -0.25) is 4.57 Å². The molecule has 0 spiro atoms. The zero-order chi connectivity index (χ0) is 20.1. The average Bonchev–Trinajstić information content (AvgIpc) is 3.29. The van der Waals surface area contributed by atoms with Gasteiger partial charge in [0.05, 0.1) is 12.7 Å². The van der Waals surface area contributed by atoms with Gasteiger partial charge in [-0.15, -0.1) is 0 Å². The van der Waals surface area contributed by atoms with Crippen molar-refractivity contribution in [3.63, 3.8) is 0 Å². The molecule has 1 fully saturated rings. The number of aliphatic hydroxyl groups is 2. The van der Waals surface area contributed by atoms with E-state index in [1.54, 1.807) is 4.57 Å². The Kier molecular flexibility index (Phi) is 6.84. The van der Waals surface area contributed by atoms with Gasteiger partial charge in [-0.1, -0.05) is 55.9 Å². The molecular weight excluding hydrogens is 378 g/mol. The summed E-state index contributed by atoms with van der Waals surface area (Å²) in [5.74, 6) is 0.977. The third-order valence-corrected chi connectivity index (χ3v) is 5.33. The second-order valence-corrected chi connectivity index (χ2v) is 7.05. The lowest BCUT2D eigenvalue weighted by molar-refractivity contribution is -0.0528. The minimum atomic E-state index is -0.767. The number of nitrogen functional groups attached to an aromatic ring is 1. The summed E-state index contributed by atoms with van der Waals surface area (Å²) in [6.07, 6.45) is -0.142. The van der Waals surface area contributed by atoms with Crippen molar-refractivity contribution >= 4 is 28.7 Å². The topological polar surface area (TPSA) is 119 Å². The van der Waals surface area contributed by atoms with E-state index in [-0.39, 0.29) is 12.4 Å². The number of ether oxygens (including phenoxy) is 1. The van der Waals surface area contributed by atoms with Gasteiger partial charge in [0.2, 0.25) is 0 Å². The first-order chi connectivity index (χ1) is 13.7. The predicted octanol–water partition coefficient (Wildman–Crippen LogP) is 2.37. The highest BCUT2D eigenvalue weighted by Crippen LogP contribution is 2.36. The fourth-order valence-electron chi connectivity index (χ4n) is 3.04. The molecule has 0 amide bonds. The maximum atomic E-state index is 10.4. The van der Waals surface area contributed by atoms with Crippen LogP contribution in [-0.4, -0.2) is 48.5 Å². The highest BCUT2D eigenvalue weighted by atomic mass is 32.2. The second kappa shape index (κ2) is 9.33. The Bertz CT molecular complexity index is 905. The molecule has 8 nitrogen and oxygen atoms in total. The largest absolute Gasteiger partial charge is 0.394 e.